The second-order valence-electron chi connectivity index (χ2n) is 12.1. The number of fused-ring (bicyclic) bond motifs is 2. The van der Waals surface area contributed by atoms with Crippen LogP contribution in [0.5, 0.6) is 0 Å². The van der Waals surface area contributed by atoms with E-state index in [1.54, 1.807) is 36.7 Å². The van der Waals surface area contributed by atoms with Crippen molar-refractivity contribution in [2.45, 2.75) is 53.4 Å². The lowest BCUT2D eigenvalue weighted by atomic mass is 9.75. The van der Waals surface area contributed by atoms with Crippen LogP contribution in [0.15, 0.2) is 73.1 Å². The van der Waals surface area contributed by atoms with Crippen molar-refractivity contribution in [2.75, 3.05) is 0 Å². The normalized spacial score (nSPS) is 15.7. The van der Waals surface area contributed by atoms with Crippen LogP contribution in [-0.2, 0) is 12.8 Å². The van der Waals surface area contributed by atoms with Crippen LogP contribution in [0.4, 0.5) is 4.39 Å². The summed E-state index contributed by atoms with van der Waals surface area (Å²) in [6.45, 7) is 7.93. The number of pyridine rings is 3. The highest BCUT2D eigenvalue weighted by molar-refractivity contribution is 6.02. The predicted octanol–water partition coefficient (Wildman–Crippen LogP) is 6.81. The number of hydrogen-bond donors (Lipinski definition) is 0. The van der Waals surface area contributed by atoms with Gasteiger partial charge in [0.1, 0.15) is 17.2 Å². The van der Waals surface area contributed by atoms with Crippen molar-refractivity contribution >= 4 is 11.6 Å². The molecule has 0 aliphatic heterocycles. The smallest absolute Gasteiger partial charge is 0.170 e. The molecule has 1 aromatic carbocycles. The minimum atomic E-state index is -0.316. The van der Waals surface area contributed by atoms with E-state index in [9.17, 15) is 14.0 Å². The van der Waals surface area contributed by atoms with E-state index in [0.717, 1.165) is 48.2 Å². The zero-order valence-electron chi connectivity index (χ0n) is 24.8. The third-order valence-corrected chi connectivity index (χ3v) is 7.80. The van der Waals surface area contributed by atoms with Crippen LogP contribution in [-0.4, -0.2) is 26.5 Å². The molecule has 6 rings (SSSR count). The molecule has 0 spiro atoms. The lowest BCUT2D eigenvalue weighted by molar-refractivity contribution is 0.0803. The first-order chi connectivity index (χ1) is 20.5. The summed E-state index contributed by atoms with van der Waals surface area (Å²) < 4.78 is 13.1. The van der Waals surface area contributed by atoms with E-state index in [1.165, 1.54) is 12.1 Å². The fraction of sp³-hybridized carbons (Fsp3) is 0.270. The fourth-order valence-electron chi connectivity index (χ4n) is 5.03. The van der Waals surface area contributed by atoms with Crippen LogP contribution >= 0.6 is 0 Å². The number of nitrogens with zero attached hydrogens (tertiary/aromatic N) is 3. The molecule has 0 unspecified atom stereocenters. The van der Waals surface area contributed by atoms with Gasteiger partial charge in [0.25, 0.3) is 0 Å². The summed E-state index contributed by atoms with van der Waals surface area (Å²) in [5, 5.41) is 0. The number of ketones is 2. The number of rotatable bonds is 0. The predicted molar refractivity (Wildman–Crippen MR) is 164 cm³/mol. The molecule has 4 aromatic rings. The monoisotopic (exact) mass is 569 g/mol. The second-order valence-corrected chi connectivity index (χ2v) is 12.1. The molecule has 3 heterocycles. The average Bonchev–Trinajstić information content (AvgIpc) is 3.00. The Hall–Kier alpha value is -4.94. The number of Topliss-reactive ketones (excluding diaryl/α,β-unsaturated/α-hetero) is 2. The Balaban J connectivity index is 0.000000171. The van der Waals surface area contributed by atoms with Gasteiger partial charge in [-0.1, -0.05) is 45.6 Å². The highest BCUT2D eigenvalue weighted by atomic mass is 19.1. The minimum absolute atomic E-state index is 0.144. The first kappa shape index (κ1) is 29.5. The lowest BCUT2D eigenvalue weighted by Crippen LogP contribution is -2.31. The zero-order valence-corrected chi connectivity index (χ0v) is 24.8. The van der Waals surface area contributed by atoms with E-state index in [-0.39, 0.29) is 28.2 Å². The molecule has 0 saturated carbocycles. The van der Waals surface area contributed by atoms with Crippen molar-refractivity contribution in [1.29, 1.82) is 0 Å². The Kier molecular flexibility index (Phi) is 8.33. The van der Waals surface area contributed by atoms with E-state index in [2.05, 4.69) is 38.6 Å². The number of carbonyl (C=O) groups excluding carboxylic acids is 2. The molecular formula is C37H32FN3O2. The summed E-state index contributed by atoms with van der Waals surface area (Å²) in [5.41, 5.74) is 5.31. The highest BCUT2D eigenvalue weighted by Crippen LogP contribution is 2.34. The number of halogens is 1. The van der Waals surface area contributed by atoms with Gasteiger partial charge in [-0.3, -0.25) is 14.6 Å². The first-order valence-corrected chi connectivity index (χ1v) is 14.3. The summed E-state index contributed by atoms with van der Waals surface area (Å²) in [5.74, 6) is 11.9. The van der Waals surface area contributed by atoms with Crippen molar-refractivity contribution in [3.63, 3.8) is 0 Å². The minimum Gasteiger partial charge on any atom is -0.294 e. The summed E-state index contributed by atoms with van der Waals surface area (Å²) in [7, 11) is 0. The first-order valence-electron chi connectivity index (χ1n) is 14.3. The van der Waals surface area contributed by atoms with Crippen LogP contribution in [0, 0.1) is 40.3 Å². The molecule has 43 heavy (non-hydrogen) atoms. The van der Waals surface area contributed by atoms with E-state index < -0.39 is 0 Å². The second kappa shape index (κ2) is 12.1. The summed E-state index contributed by atoms with van der Waals surface area (Å²) in [6, 6.07) is 17.1. The number of aromatic nitrogens is 3. The van der Waals surface area contributed by atoms with E-state index in [0.29, 0.717) is 22.5 Å². The molecule has 3 aromatic heterocycles. The summed E-state index contributed by atoms with van der Waals surface area (Å²) >= 11 is 0. The maximum absolute atomic E-state index is 13.1. The average molecular weight is 570 g/mol. The van der Waals surface area contributed by atoms with Gasteiger partial charge in [-0.2, -0.15) is 0 Å². The number of aryl methyl sites for hydroxylation is 2. The van der Waals surface area contributed by atoms with E-state index in [4.69, 9.17) is 0 Å². The Labute approximate surface area is 252 Å². The fourth-order valence-corrected chi connectivity index (χ4v) is 5.03. The van der Waals surface area contributed by atoms with Crippen LogP contribution in [0.25, 0.3) is 0 Å². The maximum atomic E-state index is 13.1. The third-order valence-electron chi connectivity index (χ3n) is 7.80. The van der Waals surface area contributed by atoms with Crippen molar-refractivity contribution in [3.8, 4) is 23.7 Å². The van der Waals surface area contributed by atoms with E-state index in [1.807, 2.05) is 52.0 Å². The van der Waals surface area contributed by atoms with Crippen LogP contribution in [0.3, 0.4) is 0 Å². The topological polar surface area (TPSA) is 72.8 Å². The number of hydrogen-bond acceptors (Lipinski definition) is 5. The van der Waals surface area contributed by atoms with Gasteiger partial charge in [-0.15, -0.1) is 0 Å². The Morgan fingerprint density at radius 3 is 1.72 bits per heavy atom. The van der Waals surface area contributed by atoms with Crippen molar-refractivity contribution in [1.82, 2.24) is 15.0 Å². The molecule has 0 atom stereocenters. The van der Waals surface area contributed by atoms with Gasteiger partial charge < -0.3 is 0 Å². The van der Waals surface area contributed by atoms with Crippen LogP contribution in [0.1, 0.15) is 95.2 Å². The molecular weight excluding hydrogens is 537 g/mol. The molecule has 5 nitrogen and oxygen atoms in total. The molecule has 214 valence electrons. The molecule has 2 aliphatic rings. The molecule has 0 radical (unpaired) electrons. The quantitative estimate of drug-likeness (QED) is 0.218. The standard InChI is InChI=1S/C19H16FNO.C18H16N2O/c1-19(2)11-10-17-16(18(19)22)9-8-15(21-17)7-6-13-4-3-5-14(20)12-13;1-18(2)10-9-16-15(17(18)21)8-7-14(20-16)6-5-13-4-3-11-19-12-13/h3-5,8-9,12H,10-11H2,1-2H3;3-4,7-8,11-12H,9-10H2,1-2H3. The SMILES string of the molecule is CC1(C)CCc2nc(C#Cc3cccc(F)c3)ccc2C1=O.CC1(C)CCc2nc(C#Cc3cccnc3)ccc2C1=O. The highest BCUT2D eigenvalue weighted by Gasteiger charge is 2.35. The molecule has 0 saturated heterocycles. The summed E-state index contributed by atoms with van der Waals surface area (Å²) in [4.78, 5) is 37.7. The van der Waals surface area contributed by atoms with Crippen molar-refractivity contribution in [2.24, 2.45) is 10.8 Å². The molecule has 6 heteroatoms. The van der Waals surface area contributed by atoms with Crippen molar-refractivity contribution in [3.05, 3.63) is 124 Å². The number of carbonyl (C=O) groups is 2. The van der Waals surface area contributed by atoms with Gasteiger partial charge >= 0.3 is 0 Å². The van der Waals surface area contributed by atoms with Gasteiger partial charge in [0.05, 0.1) is 11.4 Å². The maximum Gasteiger partial charge on any atom is 0.170 e. The molecule has 0 amide bonds. The van der Waals surface area contributed by atoms with Gasteiger partial charge in [0, 0.05) is 45.5 Å². The Morgan fingerprint density at radius 2 is 1.21 bits per heavy atom. The van der Waals surface area contributed by atoms with Gasteiger partial charge in [-0.25, -0.2) is 14.4 Å². The van der Waals surface area contributed by atoms with E-state index >= 15 is 0 Å². The van der Waals surface area contributed by atoms with Crippen LogP contribution < -0.4 is 0 Å². The lowest BCUT2D eigenvalue weighted by Gasteiger charge is -2.28. The number of benzene rings is 1. The Bertz CT molecular complexity index is 1840. The Morgan fingerprint density at radius 1 is 0.674 bits per heavy atom. The molecule has 0 bridgehead atoms. The molecule has 0 N–H and O–H groups in total. The van der Waals surface area contributed by atoms with Gasteiger partial charge in [0.15, 0.2) is 11.6 Å². The third kappa shape index (κ3) is 6.93. The van der Waals surface area contributed by atoms with Crippen molar-refractivity contribution < 1.29 is 14.0 Å². The van der Waals surface area contributed by atoms with Gasteiger partial charge in [0.2, 0.25) is 0 Å². The largest absolute Gasteiger partial charge is 0.294 e. The summed E-state index contributed by atoms with van der Waals surface area (Å²) in [6.07, 6.45) is 6.69. The van der Waals surface area contributed by atoms with Crippen LogP contribution in [0.2, 0.25) is 0 Å². The zero-order chi connectivity index (χ0) is 30.6. The molecule has 2 aliphatic carbocycles. The molecule has 0 fully saturated rings. The van der Waals surface area contributed by atoms with Gasteiger partial charge in [-0.05, 0) is 92.1 Å².